The van der Waals surface area contributed by atoms with Gasteiger partial charge in [0.15, 0.2) is 0 Å². The zero-order valence-electron chi connectivity index (χ0n) is 6.22. The largest absolute Gasteiger partial charge is 0.396 e. The normalized spacial score (nSPS) is 44.7. The molecule has 0 heterocycles. The van der Waals surface area contributed by atoms with Crippen molar-refractivity contribution in [1.29, 1.82) is 0 Å². The predicted octanol–water partition coefficient (Wildman–Crippen LogP) is -1.53. The van der Waals surface area contributed by atoms with Crippen LogP contribution in [0.15, 0.2) is 0 Å². The van der Waals surface area contributed by atoms with Crippen LogP contribution in [0.2, 0.25) is 0 Å². The summed E-state index contributed by atoms with van der Waals surface area (Å²) in [5.74, 6) is -0.162. The molecule has 0 bridgehead atoms. The highest BCUT2D eigenvalue weighted by molar-refractivity contribution is 4.90. The lowest BCUT2D eigenvalue weighted by Gasteiger charge is -2.14. The summed E-state index contributed by atoms with van der Waals surface area (Å²) in [6, 6.07) is 0. The molecule has 0 aliphatic heterocycles. The van der Waals surface area contributed by atoms with Gasteiger partial charge in [-0.05, 0) is 18.8 Å². The summed E-state index contributed by atoms with van der Waals surface area (Å²) >= 11 is 0. The fourth-order valence-electron chi connectivity index (χ4n) is 1.55. The molecule has 1 saturated carbocycles. The van der Waals surface area contributed by atoms with Gasteiger partial charge in [-0.3, -0.25) is 0 Å². The van der Waals surface area contributed by atoms with Crippen molar-refractivity contribution in [1.82, 2.24) is 0 Å². The van der Waals surface area contributed by atoms with Gasteiger partial charge in [0.05, 0.1) is 12.2 Å². The second kappa shape index (κ2) is 3.49. The molecule has 1 aliphatic rings. The van der Waals surface area contributed by atoms with Crippen LogP contribution >= 0.6 is 0 Å². The van der Waals surface area contributed by atoms with Crippen LogP contribution in [0.1, 0.15) is 12.8 Å². The van der Waals surface area contributed by atoms with Crippen LogP contribution in [0.25, 0.3) is 0 Å². The second-order valence-corrected chi connectivity index (χ2v) is 3.06. The van der Waals surface area contributed by atoms with Gasteiger partial charge in [-0.25, -0.2) is 0 Å². The zero-order valence-corrected chi connectivity index (χ0v) is 6.22. The highest BCUT2D eigenvalue weighted by Crippen LogP contribution is 2.28. The molecule has 4 N–H and O–H groups in total. The van der Waals surface area contributed by atoms with Crippen molar-refractivity contribution in [2.24, 2.45) is 5.92 Å². The minimum absolute atomic E-state index is 0.0127. The van der Waals surface area contributed by atoms with E-state index in [-0.39, 0.29) is 12.5 Å². The van der Waals surface area contributed by atoms with Crippen molar-refractivity contribution in [3.63, 3.8) is 0 Å². The van der Waals surface area contributed by atoms with E-state index in [9.17, 15) is 5.11 Å². The van der Waals surface area contributed by atoms with E-state index in [4.69, 9.17) is 15.3 Å². The monoisotopic (exact) mass is 162 g/mol. The second-order valence-electron chi connectivity index (χ2n) is 3.06. The number of aliphatic hydroxyl groups is 4. The van der Waals surface area contributed by atoms with E-state index in [2.05, 4.69) is 0 Å². The fraction of sp³-hybridized carbons (Fsp3) is 1.00. The van der Waals surface area contributed by atoms with Crippen LogP contribution in [0.5, 0.6) is 0 Å². The van der Waals surface area contributed by atoms with Crippen LogP contribution < -0.4 is 0 Å². The Balaban J connectivity index is 2.45. The summed E-state index contributed by atoms with van der Waals surface area (Å²) in [4.78, 5) is 0. The first-order valence-electron chi connectivity index (χ1n) is 3.82. The van der Waals surface area contributed by atoms with Gasteiger partial charge < -0.3 is 20.4 Å². The van der Waals surface area contributed by atoms with Gasteiger partial charge >= 0.3 is 0 Å². The third-order valence-corrected chi connectivity index (χ3v) is 2.27. The van der Waals surface area contributed by atoms with Gasteiger partial charge in [0, 0.05) is 6.61 Å². The Morgan fingerprint density at radius 2 is 1.73 bits per heavy atom. The van der Waals surface area contributed by atoms with E-state index in [1.165, 1.54) is 0 Å². The van der Waals surface area contributed by atoms with E-state index in [0.29, 0.717) is 12.8 Å². The van der Waals surface area contributed by atoms with Gasteiger partial charge in [0.25, 0.3) is 0 Å². The van der Waals surface area contributed by atoms with Crippen LogP contribution in [0.4, 0.5) is 0 Å². The molecular formula is C7H14O4. The van der Waals surface area contributed by atoms with Gasteiger partial charge in [-0.15, -0.1) is 0 Å². The smallest absolute Gasteiger partial charge is 0.106 e. The minimum Gasteiger partial charge on any atom is -0.396 e. The van der Waals surface area contributed by atoms with Crippen LogP contribution in [-0.2, 0) is 0 Å². The Morgan fingerprint density at radius 1 is 1.09 bits per heavy atom. The third-order valence-electron chi connectivity index (χ3n) is 2.27. The Labute approximate surface area is 65.1 Å². The molecule has 0 unspecified atom stereocenters. The molecule has 0 aromatic rings. The van der Waals surface area contributed by atoms with Crippen molar-refractivity contribution < 1.29 is 20.4 Å². The van der Waals surface area contributed by atoms with E-state index in [1.807, 2.05) is 0 Å². The van der Waals surface area contributed by atoms with E-state index in [1.54, 1.807) is 0 Å². The average Bonchev–Trinajstić information content (AvgIpc) is 2.19. The molecular weight excluding hydrogens is 148 g/mol. The maximum atomic E-state index is 9.24. The van der Waals surface area contributed by atoms with Gasteiger partial charge in [-0.1, -0.05) is 0 Å². The Bertz CT molecular complexity index is 128. The van der Waals surface area contributed by atoms with Crippen molar-refractivity contribution in [2.75, 3.05) is 6.61 Å². The number of hydrogen-bond donors (Lipinski definition) is 4. The molecule has 0 radical (unpaired) electrons. The Morgan fingerprint density at radius 3 is 2.09 bits per heavy atom. The molecule has 0 aromatic carbocycles. The first kappa shape index (κ1) is 8.93. The lowest BCUT2D eigenvalue weighted by Crippen LogP contribution is -2.30. The summed E-state index contributed by atoms with van der Waals surface area (Å²) in [5.41, 5.74) is 0. The standard InChI is InChI=1S/C7H14O4/c8-2-1-4-3-5(9)7(11)6(4)10/h4-11H,1-3H2/t4-,5-,6-,7+/m0/s1. The lowest BCUT2D eigenvalue weighted by molar-refractivity contribution is -0.0274. The van der Waals surface area contributed by atoms with Crippen molar-refractivity contribution in [2.45, 2.75) is 31.2 Å². The molecule has 11 heavy (non-hydrogen) atoms. The van der Waals surface area contributed by atoms with E-state index >= 15 is 0 Å². The summed E-state index contributed by atoms with van der Waals surface area (Å²) in [5, 5.41) is 35.9. The molecule has 0 saturated heterocycles. The van der Waals surface area contributed by atoms with Crippen molar-refractivity contribution in [3.8, 4) is 0 Å². The maximum absolute atomic E-state index is 9.24. The Kier molecular flexibility index (Phi) is 2.84. The molecule has 4 heteroatoms. The zero-order chi connectivity index (χ0) is 8.43. The van der Waals surface area contributed by atoms with Crippen LogP contribution in [-0.4, -0.2) is 45.3 Å². The Hall–Kier alpha value is -0.160. The van der Waals surface area contributed by atoms with Crippen LogP contribution in [0, 0.1) is 5.92 Å². The topological polar surface area (TPSA) is 80.9 Å². The highest BCUT2D eigenvalue weighted by atomic mass is 16.4. The summed E-state index contributed by atoms with van der Waals surface area (Å²) in [6.45, 7) is -0.0127. The quantitative estimate of drug-likeness (QED) is 0.397. The summed E-state index contributed by atoms with van der Waals surface area (Å²) < 4.78 is 0. The first-order valence-corrected chi connectivity index (χ1v) is 3.82. The molecule has 1 aliphatic carbocycles. The van der Waals surface area contributed by atoms with Crippen LogP contribution in [0.3, 0.4) is 0 Å². The molecule has 0 aromatic heterocycles. The molecule has 0 spiro atoms. The summed E-state index contributed by atoms with van der Waals surface area (Å²) in [6.07, 6.45) is -1.93. The van der Waals surface area contributed by atoms with Gasteiger partial charge in [0.1, 0.15) is 6.10 Å². The van der Waals surface area contributed by atoms with Crippen molar-refractivity contribution >= 4 is 0 Å². The number of hydrogen-bond acceptors (Lipinski definition) is 4. The molecule has 0 amide bonds. The number of aliphatic hydroxyl groups excluding tert-OH is 4. The third kappa shape index (κ3) is 1.70. The lowest BCUT2D eigenvalue weighted by atomic mass is 10.0. The fourth-order valence-corrected chi connectivity index (χ4v) is 1.55. The predicted molar refractivity (Wildman–Crippen MR) is 37.8 cm³/mol. The average molecular weight is 162 g/mol. The summed E-state index contributed by atoms with van der Waals surface area (Å²) in [7, 11) is 0. The van der Waals surface area contributed by atoms with Crippen molar-refractivity contribution in [3.05, 3.63) is 0 Å². The minimum atomic E-state index is -1.04. The van der Waals surface area contributed by atoms with Gasteiger partial charge in [0.2, 0.25) is 0 Å². The molecule has 4 nitrogen and oxygen atoms in total. The molecule has 66 valence electrons. The van der Waals surface area contributed by atoms with Gasteiger partial charge in [-0.2, -0.15) is 0 Å². The van der Waals surface area contributed by atoms with E-state index in [0.717, 1.165) is 0 Å². The maximum Gasteiger partial charge on any atom is 0.106 e. The molecule has 1 fully saturated rings. The van der Waals surface area contributed by atoms with E-state index < -0.39 is 18.3 Å². The molecule has 1 rings (SSSR count). The molecule has 4 atom stereocenters. The number of rotatable bonds is 2. The first-order chi connectivity index (χ1) is 5.16. The highest BCUT2D eigenvalue weighted by Gasteiger charge is 2.39. The SMILES string of the molecule is OCC[C@H]1C[C@H](O)[C@@H](O)[C@H]1O.